The van der Waals surface area contributed by atoms with E-state index in [1.54, 1.807) is 0 Å². The number of nitrogens with two attached hydrogens (primary N) is 1. The Morgan fingerprint density at radius 2 is 2.04 bits per heavy atom. The van der Waals surface area contributed by atoms with Gasteiger partial charge in [0.1, 0.15) is 5.69 Å². The average molecular weight is 367 g/mol. The number of hydrogen-bond donors (Lipinski definition) is 2. The SMILES string of the molecule is CS(=O)(=O)N1CCC[C@H](CNC(=O)c2nc(N)nc3c2CCCC3)C1. The third-order valence-corrected chi connectivity index (χ3v) is 6.19. The molecule has 9 heteroatoms. The minimum absolute atomic E-state index is 0.113. The van der Waals surface area contributed by atoms with Gasteiger partial charge in [-0.3, -0.25) is 4.79 Å². The normalized spacial score (nSPS) is 21.6. The molecule has 2 aliphatic rings. The highest BCUT2D eigenvalue weighted by Crippen LogP contribution is 2.23. The van der Waals surface area contributed by atoms with Gasteiger partial charge in [-0.15, -0.1) is 0 Å². The second-order valence-corrected chi connectivity index (χ2v) is 8.88. The van der Waals surface area contributed by atoms with Crippen LogP contribution in [0.5, 0.6) is 0 Å². The van der Waals surface area contributed by atoms with Gasteiger partial charge in [0.05, 0.1) is 6.26 Å². The fourth-order valence-electron chi connectivity index (χ4n) is 3.62. The second-order valence-electron chi connectivity index (χ2n) is 6.90. The molecule has 0 unspecified atom stereocenters. The summed E-state index contributed by atoms with van der Waals surface area (Å²) in [6.07, 6.45) is 6.63. The van der Waals surface area contributed by atoms with E-state index >= 15 is 0 Å². The molecule has 2 heterocycles. The van der Waals surface area contributed by atoms with Crippen LogP contribution in [-0.2, 0) is 22.9 Å². The van der Waals surface area contributed by atoms with Crippen LogP contribution in [0.2, 0.25) is 0 Å². The molecule has 1 aliphatic heterocycles. The van der Waals surface area contributed by atoms with Crippen molar-refractivity contribution in [1.29, 1.82) is 0 Å². The van der Waals surface area contributed by atoms with Crippen LogP contribution in [0.3, 0.4) is 0 Å². The Morgan fingerprint density at radius 1 is 1.28 bits per heavy atom. The Balaban J connectivity index is 1.66. The number of sulfonamides is 1. The summed E-state index contributed by atoms with van der Waals surface area (Å²) in [5, 5.41) is 2.91. The van der Waals surface area contributed by atoms with Gasteiger partial charge in [0.2, 0.25) is 16.0 Å². The lowest BCUT2D eigenvalue weighted by Gasteiger charge is -2.31. The summed E-state index contributed by atoms with van der Waals surface area (Å²) < 4.78 is 24.9. The molecule has 138 valence electrons. The second kappa shape index (κ2) is 7.25. The first-order valence-electron chi connectivity index (χ1n) is 8.73. The Hall–Kier alpha value is -1.74. The molecule has 8 nitrogen and oxygen atoms in total. The van der Waals surface area contributed by atoms with Crippen molar-refractivity contribution in [2.75, 3.05) is 31.6 Å². The van der Waals surface area contributed by atoms with Crippen LogP contribution in [0.25, 0.3) is 0 Å². The number of fused-ring (bicyclic) bond motifs is 1. The van der Waals surface area contributed by atoms with Crippen LogP contribution in [0.4, 0.5) is 5.95 Å². The number of aryl methyl sites for hydroxylation is 1. The Kier molecular flexibility index (Phi) is 5.24. The van der Waals surface area contributed by atoms with Gasteiger partial charge >= 0.3 is 0 Å². The van der Waals surface area contributed by atoms with Crippen molar-refractivity contribution in [3.8, 4) is 0 Å². The number of anilines is 1. The van der Waals surface area contributed by atoms with Crippen LogP contribution in [0, 0.1) is 5.92 Å². The summed E-state index contributed by atoms with van der Waals surface area (Å²) in [7, 11) is -3.18. The molecule has 1 aliphatic carbocycles. The molecule has 1 fully saturated rings. The molecule has 0 spiro atoms. The van der Waals surface area contributed by atoms with Crippen molar-refractivity contribution in [1.82, 2.24) is 19.6 Å². The number of carbonyl (C=O) groups excluding carboxylic acids is 1. The van der Waals surface area contributed by atoms with Crippen molar-refractivity contribution in [2.45, 2.75) is 38.5 Å². The van der Waals surface area contributed by atoms with Gasteiger partial charge in [-0.2, -0.15) is 0 Å². The van der Waals surface area contributed by atoms with E-state index in [0.717, 1.165) is 49.8 Å². The molecule has 25 heavy (non-hydrogen) atoms. The first kappa shape index (κ1) is 18.1. The van der Waals surface area contributed by atoms with E-state index in [2.05, 4.69) is 15.3 Å². The van der Waals surface area contributed by atoms with Crippen LogP contribution in [-0.4, -0.2) is 54.5 Å². The van der Waals surface area contributed by atoms with Crippen LogP contribution in [0.15, 0.2) is 0 Å². The lowest BCUT2D eigenvalue weighted by atomic mass is 9.94. The summed E-state index contributed by atoms with van der Waals surface area (Å²) in [6, 6.07) is 0. The van der Waals surface area contributed by atoms with Gasteiger partial charge < -0.3 is 11.1 Å². The first-order chi connectivity index (χ1) is 11.8. The maximum Gasteiger partial charge on any atom is 0.270 e. The highest BCUT2D eigenvalue weighted by Gasteiger charge is 2.27. The van der Waals surface area contributed by atoms with Crippen molar-refractivity contribution in [2.24, 2.45) is 5.92 Å². The highest BCUT2D eigenvalue weighted by molar-refractivity contribution is 7.88. The summed E-state index contributed by atoms with van der Waals surface area (Å²) in [5.74, 6) is -0.00196. The number of aromatic nitrogens is 2. The lowest BCUT2D eigenvalue weighted by molar-refractivity contribution is 0.0935. The predicted molar refractivity (Wildman–Crippen MR) is 94.6 cm³/mol. The van der Waals surface area contributed by atoms with Crippen LogP contribution in [0.1, 0.15) is 47.4 Å². The number of amides is 1. The number of nitrogens with zero attached hydrogens (tertiary/aromatic N) is 3. The lowest BCUT2D eigenvalue weighted by Crippen LogP contribution is -2.43. The van der Waals surface area contributed by atoms with Gasteiger partial charge in [0.25, 0.3) is 5.91 Å². The van der Waals surface area contributed by atoms with Gasteiger partial charge in [-0.25, -0.2) is 22.7 Å². The van der Waals surface area contributed by atoms with Gasteiger partial charge in [-0.05, 0) is 44.4 Å². The highest BCUT2D eigenvalue weighted by atomic mass is 32.2. The molecule has 1 amide bonds. The molecule has 3 N–H and O–H groups in total. The standard InChI is InChI=1S/C16H25N5O3S/c1-25(23,24)21-8-4-5-11(10-21)9-18-15(22)14-12-6-2-3-7-13(12)19-16(17)20-14/h11H,2-10H2,1H3,(H,18,22)(H2,17,19,20)/t11-/m1/s1. The fourth-order valence-corrected chi connectivity index (χ4v) is 4.56. The first-order valence-corrected chi connectivity index (χ1v) is 10.6. The van der Waals surface area contributed by atoms with E-state index in [-0.39, 0.29) is 17.8 Å². The number of nitrogens with one attached hydrogen (secondary N) is 1. The summed E-state index contributed by atoms with van der Waals surface area (Å²) in [5.41, 5.74) is 7.90. The van der Waals surface area contributed by atoms with Gasteiger partial charge in [0.15, 0.2) is 0 Å². The summed E-state index contributed by atoms with van der Waals surface area (Å²) in [6.45, 7) is 1.44. The third kappa shape index (κ3) is 4.27. The van der Waals surface area contributed by atoms with Crippen LogP contribution < -0.4 is 11.1 Å². The molecule has 1 aromatic rings. The van der Waals surface area contributed by atoms with Gasteiger partial charge in [-0.1, -0.05) is 0 Å². The quantitative estimate of drug-likeness (QED) is 0.792. The van der Waals surface area contributed by atoms with E-state index in [0.29, 0.717) is 25.3 Å². The molecule has 1 atom stereocenters. The van der Waals surface area contributed by atoms with E-state index in [9.17, 15) is 13.2 Å². The zero-order valence-corrected chi connectivity index (χ0v) is 15.3. The van der Waals surface area contributed by atoms with Gasteiger partial charge in [0, 0.05) is 30.9 Å². The molecule has 0 aromatic carbocycles. The Labute approximate surface area is 148 Å². The van der Waals surface area contributed by atoms with E-state index in [1.165, 1.54) is 10.6 Å². The Bertz CT molecular complexity index is 765. The van der Waals surface area contributed by atoms with Crippen molar-refractivity contribution >= 4 is 21.9 Å². The third-order valence-electron chi connectivity index (χ3n) is 4.92. The number of hydrogen-bond acceptors (Lipinski definition) is 6. The fraction of sp³-hybridized carbons (Fsp3) is 0.688. The van der Waals surface area contributed by atoms with E-state index < -0.39 is 10.0 Å². The molecule has 0 radical (unpaired) electrons. The van der Waals surface area contributed by atoms with E-state index in [1.807, 2.05) is 0 Å². The monoisotopic (exact) mass is 367 g/mol. The number of piperidine rings is 1. The predicted octanol–water partition coefficient (Wildman–Crippen LogP) is 0.339. The van der Waals surface area contributed by atoms with Crippen molar-refractivity contribution < 1.29 is 13.2 Å². The van der Waals surface area contributed by atoms with E-state index in [4.69, 9.17) is 5.73 Å². The zero-order chi connectivity index (χ0) is 18.0. The Morgan fingerprint density at radius 3 is 2.80 bits per heavy atom. The molecule has 0 saturated carbocycles. The van der Waals surface area contributed by atoms with Crippen molar-refractivity contribution in [3.05, 3.63) is 17.0 Å². The van der Waals surface area contributed by atoms with Crippen molar-refractivity contribution in [3.63, 3.8) is 0 Å². The summed E-state index contributed by atoms with van der Waals surface area (Å²) >= 11 is 0. The molecule has 1 aromatic heterocycles. The largest absolute Gasteiger partial charge is 0.368 e. The molecular weight excluding hydrogens is 342 g/mol. The number of nitrogen functional groups attached to an aromatic ring is 1. The number of carbonyl (C=O) groups is 1. The molecule has 1 saturated heterocycles. The zero-order valence-electron chi connectivity index (χ0n) is 14.5. The molecule has 0 bridgehead atoms. The topological polar surface area (TPSA) is 118 Å². The summed E-state index contributed by atoms with van der Waals surface area (Å²) in [4.78, 5) is 21.0. The number of rotatable bonds is 4. The minimum Gasteiger partial charge on any atom is -0.368 e. The van der Waals surface area contributed by atoms with Crippen LogP contribution >= 0.6 is 0 Å². The minimum atomic E-state index is -3.18. The smallest absolute Gasteiger partial charge is 0.270 e. The maximum atomic E-state index is 12.6. The maximum absolute atomic E-state index is 12.6. The molecule has 3 rings (SSSR count). The molecular formula is C16H25N5O3S. The average Bonchev–Trinajstić information content (AvgIpc) is 2.58.